The molecule has 0 unspecified atom stereocenters. The van der Waals surface area contributed by atoms with Crippen LogP contribution in [0.25, 0.3) is 27.9 Å². The highest BCUT2D eigenvalue weighted by Gasteiger charge is 2.17. The Kier molecular flexibility index (Phi) is 3.21. The van der Waals surface area contributed by atoms with Gasteiger partial charge in [-0.3, -0.25) is 0 Å². The monoisotopic (exact) mass is 333 g/mol. The van der Waals surface area contributed by atoms with Crippen LogP contribution >= 0.6 is 0 Å². The molecule has 25 heavy (non-hydrogen) atoms. The summed E-state index contributed by atoms with van der Waals surface area (Å²) < 4.78 is 1.80. The molecule has 0 bridgehead atoms. The highest BCUT2D eigenvalue weighted by atomic mass is 15.3. The van der Waals surface area contributed by atoms with Crippen molar-refractivity contribution in [1.29, 1.82) is 0 Å². The van der Waals surface area contributed by atoms with Crippen LogP contribution in [0.3, 0.4) is 0 Å². The molecule has 4 aromatic heterocycles. The number of hydrogen-bond donors (Lipinski definition) is 1. The van der Waals surface area contributed by atoms with E-state index in [4.69, 9.17) is 0 Å². The molecule has 1 aliphatic heterocycles. The fourth-order valence-electron chi connectivity index (χ4n) is 3.40. The van der Waals surface area contributed by atoms with Crippen molar-refractivity contribution in [3.63, 3.8) is 0 Å². The van der Waals surface area contributed by atoms with Crippen molar-refractivity contribution in [1.82, 2.24) is 29.5 Å². The number of aromatic nitrogens is 5. The van der Waals surface area contributed by atoms with Crippen LogP contribution in [0.1, 0.15) is 0 Å². The summed E-state index contributed by atoms with van der Waals surface area (Å²) in [6.45, 7) is 4.22. The highest BCUT2D eigenvalue weighted by Crippen LogP contribution is 2.29. The van der Waals surface area contributed by atoms with Gasteiger partial charge in [-0.05, 0) is 25.2 Å². The van der Waals surface area contributed by atoms with Crippen LogP contribution in [-0.2, 0) is 0 Å². The zero-order valence-corrected chi connectivity index (χ0v) is 14.1. The van der Waals surface area contributed by atoms with Gasteiger partial charge in [-0.15, -0.1) is 0 Å². The predicted octanol–water partition coefficient (Wildman–Crippen LogP) is 2.02. The number of nitrogens with zero attached hydrogens (tertiary/aromatic N) is 6. The van der Waals surface area contributed by atoms with Crippen LogP contribution in [0.2, 0.25) is 0 Å². The van der Waals surface area contributed by atoms with E-state index in [2.05, 4.69) is 43.0 Å². The number of pyridine rings is 1. The summed E-state index contributed by atoms with van der Waals surface area (Å²) in [6, 6.07) is 6.21. The Morgan fingerprint density at radius 1 is 1.08 bits per heavy atom. The Labute approximate surface area is 144 Å². The normalized spacial score (nSPS) is 16.1. The maximum Gasteiger partial charge on any atom is 0.153 e. The lowest BCUT2D eigenvalue weighted by Gasteiger charge is -2.33. The summed E-state index contributed by atoms with van der Waals surface area (Å²) in [5.74, 6) is 0. The summed E-state index contributed by atoms with van der Waals surface area (Å²) in [4.78, 5) is 16.9. The van der Waals surface area contributed by atoms with Gasteiger partial charge in [-0.25, -0.2) is 14.5 Å². The fraction of sp³-hybridized carbons (Fsp3) is 0.278. The van der Waals surface area contributed by atoms with Gasteiger partial charge in [0.15, 0.2) is 5.65 Å². The molecule has 0 atom stereocenters. The van der Waals surface area contributed by atoms with Gasteiger partial charge in [0.25, 0.3) is 0 Å². The first kappa shape index (κ1) is 14.4. The quantitative estimate of drug-likeness (QED) is 0.608. The lowest BCUT2D eigenvalue weighted by atomic mass is 10.1. The number of H-pyrrole nitrogens is 1. The van der Waals surface area contributed by atoms with E-state index in [1.807, 2.05) is 30.7 Å². The third-order valence-corrected chi connectivity index (χ3v) is 4.92. The number of hydrogen-bond acceptors (Lipinski definition) is 5. The van der Waals surface area contributed by atoms with Gasteiger partial charge in [0, 0.05) is 55.7 Å². The molecule has 0 spiro atoms. The van der Waals surface area contributed by atoms with E-state index >= 15 is 0 Å². The number of rotatable bonds is 2. The molecule has 4 aromatic rings. The molecule has 5 rings (SSSR count). The van der Waals surface area contributed by atoms with E-state index < -0.39 is 0 Å². The fourth-order valence-corrected chi connectivity index (χ4v) is 3.40. The molecule has 0 amide bonds. The second-order valence-electron chi connectivity index (χ2n) is 6.53. The lowest BCUT2D eigenvalue weighted by molar-refractivity contribution is 0.313. The van der Waals surface area contributed by atoms with Crippen LogP contribution < -0.4 is 4.90 Å². The molecule has 0 aromatic carbocycles. The van der Waals surface area contributed by atoms with E-state index in [0.717, 1.165) is 54.1 Å². The van der Waals surface area contributed by atoms with Crippen molar-refractivity contribution in [3.05, 3.63) is 43.0 Å². The van der Waals surface area contributed by atoms with Gasteiger partial charge in [0.05, 0.1) is 17.6 Å². The number of piperazine rings is 1. The van der Waals surface area contributed by atoms with Crippen molar-refractivity contribution in [2.24, 2.45) is 0 Å². The van der Waals surface area contributed by atoms with Crippen molar-refractivity contribution < 1.29 is 0 Å². The molecule has 1 fully saturated rings. The van der Waals surface area contributed by atoms with E-state index in [9.17, 15) is 0 Å². The number of fused-ring (bicyclic) bond motifs is 2. The van der Waals surface area contributed by atoms with Crippen LogP contribution in [0.15, 0.2) is 43.0 Å². The van der Waals surface area contributed by atoms with Gasteiger partial charge in [-0.1, -0.05) is 0 Å². The second-order valence-corrected chi connectivity index (χ2v) is 6.53. The van der Waals surface area contributed by atoms with Crippen molar-refractivity contribution in [2.45, 2.75) is 0 Å². The van der Waals surface area contributed by atoms with Gasteiger partial charge in [0.1, 0.15) is 5.65 Å². The smallest absolute Gasteiger partial charge is 0.153 e. The number of likely N-dealkylation sites (N-methyl/N-ethyl adjacent to an activating group) is 1. The third-order valence-electron chi connectivity index (χ3n) is 4.92. The Hall–Kier alpha value is -2.93. The molecule has 0 aliphatic carbocycles. The number of nitrogens with one attached hydrogen (secondary N) is 1. The molecular formula is C18H19N7. The van der Waals surface area contributed by atoms with E-state index in [1.54, 1.807) is 10.7 Å². The zero-order valence-electron chi connectivity index (χ0n) is 14.1. The maximum absolute atomic E-state index is 4.67. The molecule has 126 valence electrons. The first-order valence-electron chi connectivity index (χ1n) is 8.49. The summed E-state index contributed by atoms with van der Waals surface area (Å²) in [6.07, 6.45) is 7.56. The van der Waals surface area contributed by atoms with E-state index in [1.165, 1.54) is 5.69 Å². The van der Waals surface area contributed by atoms with Crippen molar-refractivity contribution in [3.8, 4) is 11.3 Å². The van der Waals surface area contributed by atoms with E-state index in [0.29, 0.717) is 0 Å². The van der Waals surface area contributed by atoms with Gasteiger partial charge in [-0.2, -0.15) is 5.10 Å². The molecule has 7 heteroatoms. The SMILES string of the molecule is CN1CCN(c2cnc3[nH]cc(-c4ccc5nccn5n4)c3c2)CC1. The standard InChI is InChI=1S/C18H19N7/c1-23-6-8-24(9-7-23)13-10-14-15(12-21-18(14)20-11-13)16-2-3-17-19-4-5-25(17)22-16/h2-5,10-12H,6-9H2,1H3,(H,20,21). The molecule has 0 radical (unpaired) electrons. The Morgan fingerprint density at radius 3 is 2.84 bits per heavy atom. The molecule has 1 N–H and O–H groups in total. The molecular weight excluding hydrogens is 314 g/mol. The highest BCUT2D eigenvalue weighted by molar-refractivity contribution is 5.94. The molecule has 1 saturated heterocycles. The Morgan fingerprint density at radius 2 is 1.96 bits per heavy atom. The Balaban J connectivity index is 1.57. The predicted molar refractivity (Wildman–Crippen MR) is 97.8 cm³/mol. The lowest BCUT2D eigenvalue weighted by Crippen LogP contribution is -2.44. The van der Waals surface area contributed by atoms with Crippen LogP contribution in [0.4, 0.5) is 5.69 Å². The second kappa shape index (κ2) is 5.56. The van der Waals surface area contributed by atoms with Gasteiger partial charge < -0.3 is 14.8 Å². The minimum Gasteiger partial charge on any atom is -0.368 e. The summed E-state index contributed by atoms with van der Waals surface area (Å²) in [5, 5.41) is 5.77. The maximum atomic E-state index is 4.67. The third kappa shape index (κ3) is 2.44. The molecule has 0 saturated carbocycles. The van der Waals surface area contributed by atoms with Crippen LogP contribution in [-0.4, -0.2) is 62.7 Å². The van der Waals surface area contributed by atoms with Crippen molar-refractivity contribution in [2.75, 3.05) is 38.1 Å². The van der Waals surface area contributed by atoms with Gasteiger partial charge >= 0.3 is 0 Å². The average molecular weight is 333 g/mol. The first-order valence-corrected chi connectivity index (χ1v) is 8.49. The summed E-state index contributed by atoms with van der Waals surface area (Å²) in [7, 11) is 2.17. The van der Waals surface area contributed by atoms with Gasteiger partial charge in [0.2, 0.25) is 0 Å². The zero-order chi connectivity index (χ0) is 16.8. The summed E-state index contributed by atoms with van der Waals surface area (Å²) >= 11 is 0. The Bertz CT molecular complexity index is 1040. The minimum absolute atomic E-state index is 0.847. The molecule has 1 aliphatic rings. The van der Waals surface area contributed by atoms with E-state index in [-0.39, 0.29) is 0 Å². The van der Waals surface area contributed by atoms with Crippen LogP contribution in [0, 0.1) is 0 Å². The molecule has 5 heterocycles. The van der Waals surface area contributed by atoms with Crippen molar-refractivity contribution >= 4 is 22.4 Å². The summed E-state index contributed by atoms with van der Waals surface area (Å²) in [5.41, 5.74) is 4.88. The number of imidazole rings is 1. The molecule has 7 nitrogen and oxygen atoms in total. The topological polar surface area (TPSA) is 65.3 Å². The first-order chi connectivity index (χ1) is 12.3. The number of aromatic amines is 1. The van der Waals surface area contributed by atoms with Crippen LogP contribution in [0.5, 0.6) is 0 Å². The number of anilines is 1. The average Bonchev–Trinajstić information content (AvgIpc) is 3.27. The largest absolute Gasteiger partial charge is 0.368 e. The minimum atomic E-state index is 0.847.